The molecule has 122 valence electrons. The Hall–Kier alpha value is -1.59. The van der Waals surface area contributed by atoms with Crippen LogP contribution in [-0.4, -0.2) is 57.2 Å². The van der Waals surface area contributed by atoms with Crippen molar-refractivity contribution in [2.24, 2.45) is 0 Å². The molecule has 1 aliphatic rings. The summed E-state index contributed by atoms with van der Waals surface area (Å²) in [4.78, 5) is 14.3. The highest BCUT2D eigenvalue weighted by atomic mass is 16.5. The molecule has 0 bridgehead atoms. The van der Waals surface area contributed by atoms with Gasteiger partial charge in [-0.1, -0.05) is 12.1 Å². The average Bonchev–Trinajstić information content (AvgIpc) is 2.58. The Balaban J connectivity index is 1.57. The van der Waals surface area contributed by atoms with E-state index in [2.05, 4.69) is 15.5 Å². The number of carbonyl (C=O) groups is 1. The van der Waals surface area contributed by atoms with Crippen LogP contribution in [0.3, 0.4) is 0 Å². The van der Waals surface area contributed by atoms with E-state index in [1.807, 2.05) is 24.3 Å². The topological polar surface area (TPSA) is 53.6 Å². The molecule has 1 aromatic rings. The summed E-state index contributed by atoms with van der Waals surface area (Å²) in [6.07, 6.45) is 2.30. The summed E-state index contributed by atoms with van der Waals surface area (Å²) < 4.78 is 5.19. The molecule has 5 heteroatoms. The number of amides is 1. The number of aryl methyl sites for hydroxylation is 1. The van der Waals surface area contributed by atoms with E-state index in [0.717, 1.165) is 63.4 Å². The fourth-order valence-electron chi connectivity index (χ4n) is 2.64. The molecule has 0 spiro atoms. The fourth-order valence-corrected chi connectivity index (χ4v) is 2.64. The van der Waals surface area contributed by atoms with E-state index in [9.17, 15) is 4.79 Å². The van der Waals surface area contributed by atoms with Crippen LogP contribution in [-0.2, 0) is 11.2 Å². The highest BCUT2D eigenvalue weighted by Crippen LogP contribution is 2.13. The third-order valence-electron chi connectivity index (χ3n) is 3.96. The van der Waals surface area contributed by atoms with E-state index in [1.54, 1.807) is 7.11 Å². The molecule has 0 aromatic heterocycles. The van der Waals surface area contributed by atoms with Crippen molar-refractivity contribution in [2.75, 3.05) is 46.4 Å². The van der Waals surface area contributed by atoms with Crippen LogP contribution in [0.5, 0.6) is 5.75 Å². The van der Waals surface area contributed by atoms with Crippen molar-refractivity contribution < 1.29 is 9.53 Å². The summed E-state index contributed by atoms with van der Waals surface area (Å²) >= 11 is 0. The molecule has 1 heterocycles. The lowest BCUT2D eigenvalue weighted by atomic mass is 10.1. The minimum Gasteiger partial charge on any atom is -0.497 e. The zero-order chi connectivity index (χ0) is 15.6. The van der Waals surface area contributed by atoms with E-state index in [0.29, 0.717) is 6.42 Å². The highest BCUT2D eigenvalue weighted by molar-refractivity contribution is 5.76. The molecule has 2 rings (SSSR count). The van der Waals surface area contributed by atoms with Gasteiger partial charge in [-0.25, -0.2) is 0 Å². The van der Waals surface area contributed by atoms with Gasteiger partial charge in [0.1, 0.15) is 5.75 Å². The molecule has 1 saturated heterocycles. The minimum absolute atomic E-state index is 0.128. The SMILES string of the molecule is COc1cccc(CCC(=O)NCCCN2CCNCC2)c1. The third kappa shape index (κ3) is 6.03. The van der Waals surface area contributed by atoms with Crippen LogP contribution in [0.2, 0.25) is 0 Å². The molecule has 0 radical (unpaired) electrons. The molecule has 1 aromatic carbocycles. The molecule has 0 unspecified atom stereocenters. The number of benzene rings is 1. The zero-order valence-electron chi connectivity index (χ0n) is 13.4. The summed E-state index contributed by atoms with van der Waals surface area (Å²) in [5.74, 6) is 0.970. The Morgan fingerprint density at radius 1 is 1.36 bits per heavy atom. The Kier molecular flexibility index (Phi) is 7.19. The maximum absolute atomic E-state index is 11.9. The lowest BCUT2D eigenvalue weighted by molar-refractivity contribution is -0.121. The number of methoxy groups -OCH3 is 1. The van der Waals surface area contributed by atoms with Gasteiger partial charge >= 0.3 is 0 Å². The van der Waals surface area contributed by atoms with Crippen LogP contribution in [0, 0.1) is 0 Å². The number of nitrogens with zero attached hydrogens (tertiary/aromatic N) is 1. The molecular formula is C17H27N3O2. The van der Waals surface area contributed by atoms with Crippen molar-refractivity contribution in [2.45, 2.75) is 19.3 Å². The van der Waals surface area contributed by atoms with Crippen LogP contribution in [0.25, 0.3) is 0 Å². The molecule has 1 aliphatic heterocycles. The maximum atomic E-state index is 11.9. The van der Waals surface area contributed by atoms with Crippen molar-refractivity contribution in [1.82, 2.24) is 15.5 Å². The van der Waals surface area contributed by atoms with E-state index < -0.39 is 0 Å². The lowest BCUT2D eigenvalue weighted by Crippen LogP contribution is -2.44. The average molecular weight is 305 g/mol. The third-order valence-corrected chi connectivity index (χ3v) is 3.96. The summed E-state index contributed by atoms with van der Waals surface area (Å²) in [7, 11) is 1.66. The van der Waals surface area contributed by atoms with Gasteiger partial charge in [0.2, 0.25) is 5.91 Å². The first kappa shape index (κ1) is 16.8. The maximum Gasteiger partial charge on any atom is 0.220 e. The van der Waals surface area contributed by atoms with Crippen LogP contribution in [0.4, 0.5) is 0 Å². The number of ether oxygens (including phenoxy) is 1. The number of carbonyl (C=O) groups excluding carboxylic acids is 1. The number of nitrogens with one attached hydrogen (secondary N) is 2. The first-order valence-electron chi connectivity index (χ1n) is 8.10. The van der Waals surface area contributed by atoms with Gasteiger partial charge in [-0.3, -0.25) is 4.79 Å². The molecule has 22 heavy (non-hydrogen) atoms. The lowest BCUT2D eigenvalue weighted by Gasteiger charge is -2.27. The van der Waals surface area contributed by atoms with E-state index in [4.69, 9.17) is 4.74 Å². The Labute approximate surface area is 133 Å². The number of hydrogen-bond donors (Lipinski definition) is 2. The molecular weight excluding hydrogens is 278 g/mol. The van der Waals surface area contributed by atoms with Gasteiger partial charge in [0, 0.05) is 39.1 Å². The molecule has 0 saturated carbocycles. The molecule has 0 atom stereocenters. The number of hydrogen-bond acceptors (Lipinski definition) is 4. The van der Waals surface area contributed by atoms with Crippen LogP contribution in [0.15, 0.2) is 24.3 Å². The molecule has 2 N–H and O–H groups in total. The van der Waals surface area contributed by atoms with Gasteiger partial charge < -0.3 is 20.3 Å². The van der Waals surface area contributed by atoms with Gasteiger partial charge in [0.15, 0.2) is 0 Å². The second kappa shape index (κ2) is 9.43. The first-order valence-corrected chi connectivity index (χ1v) is 8.10. The molecule has 1 fully saturated rings. The summed E-state index contributed by atoms with van der Waals surface area (Å²) in [5.41, 5.74) is 1.13. The largest absolute Gasteiger partial charge is 0.497 e. The second-order valence-electron chi connectivity index (χ2n) is 5.65. The number of rotatable bonds is 8. The van der Waals surface area contributed by atoms with Gasteiger partial charge in [-0.15, -0.1) is 0 Å². The molecule has 5 nitrogen and oxygen atoms in total. The van der Waals surface area contributed by atoms with Crippen LogP contribution >= 0.6 is 0 Å². The molecule has 0 aliphatic carbocycles. The van der Waals surface area contributed by atoms with Crippen molar-refractivity contribution in [3.05, 3.63) is 29.8 Å². The Morgan fingerprint density at radius 2 is 2.18 bits per heavy atom. The fraction of sp³-hybridized carbons (Fsp3) is 0.588. The van der Waals surface area contributed by atoms with Crippen LogP contribution in [0.1, 0.15) is 18.4 Å². The van der Waals surface area contributed by atoms with E-state index >= 15 is 0 Å². The van der Waals surface area contributed by atoms with Crippen molar-refractivity contribution in [1.29, 1.82) is 0 Å². The van der Waals surface area contributed by atoms with Crippen LogP contribution < -0.4 is 15.4 Å². The van der Waals surface area contributed by atoms with Gasteiger partial charge in [-0.2, -0.15) is 0 Å². The Bertz CT molecular complexity index is 459. The Morgan fingerprint density at radius 3 is 2.95 bits per heavy atom. The van der Waals surface area contributed by atoms with E-state index in [-0.39, 0.29) is 5.91 Å². The zero-order valence-corrected chi connectivity index (χ0v) is 13.4. The van der Waals surface area contributed by atoms with E-state index in [1.165, 1.54) is 0 Å². The van der Waals surface area contributed by atoms with Gasteiger partial charge in [-0.05, 0) is 37.1 Å². The van der Waals surface area contributed by atoms with Crippen molar-refractivity contribution >= 4 is 5.91 Å². The smallest absolute Gasteiger partial charge is 0.220 e. The highest BCUT2D eigenvalue weighted by Gasteiger charge is 2.08. The van der Waals surface area contributed by atoms with Crippen molar-refractivity contribution in [3.8, 4) is 5.75 Å². The van der Waals surface area contributed by atoms with Gasteiger partial charge in [0.05, 0.1) is 7.11 Å². The van der Waals surface area contributed by atoms with Crippen molar-refractivity contribution in [3.63, 3.8) is 0 Å². The first-order chi connectivity index (χ1) is 10.8. The summed E-state index contributed by atoms with van der Waals surface area (Å²) in [6, 6.07) is 7.89. The quantitative estimate of drug-likeness (QED) is 0.705. The molecule has 1 amide bonds. The summed E-state index contributed by atoms with van der Waals surface area (Å²) in [6.45, 7) is 6.21. The monoisotopic (exact) mass is 305 g/mol. The predicted octanol–water partition coefficient (Wildman–Crippen LogP) is 1.04. The standard InChI is InChI=1S/C17H27N3O2/c1-22-16-5-2-4-15(14-16)6-7-17(21)19-8-3-11-20-12-9-18-10-13-20/h2,4-5,14,18H,3,6-13H2,1H3,(H,19,21). The van der Waals surface area contributed by atoms with Gasteiger partial charge in [0.25, 0.3) is 0 Å². The summed E-state index contributed by atoms with van der Waals surface area (Å²) in [5, 5.41) is 6.35. The second-order valence-corrected chi connectivity index (χ2v) is 5.65. The normalized spacial score (nSPS) is 15.5. The predicted molar refractivity (Wildman–Crippen MR) is 88.3 cm³/mol. The number of piperazine rings is 1. The minimum atomic E-state index is 0.128.